The number of thiophene rings is 1. The molecule has 5 heteroatoms. The van der Waals surface area contributed by atoms with Gasteiger partial charge in [0.05, 0.1) is 4.90 Å². The molecule has 0 spiro atoms. The molecule has 0 bridgehead atoms. The summed E-state index contributed by atoms with van der Waals surface area (Å²) in [5.74, 6) is 0.229. The maximum absolute atomic E-state index is 12.5. The summed E-state index contributed by atoms with van der Waals surface area (Å²) in [6.07, 6.45) is 0.723. The average Bonchev–Trinajstić information content (AvgIpc) is 2.91. The molecule has 1 aromatic carbocycles. The van der Waals surface area contributed by atoms with Crippen LogP contribution in [0.2, 0.25) is 0 Å². The highest BCUT2D eigenvalue weighted by Gasteiger charge is 2.23. The third kappa shape index (κ3) is 4.40. The molecule has 2 aromatic rings. The maximum Gasteiger partial charge on any atom is 0.240 e. The van der Waals surface area contributed by atoms with Crippen LogP contribution in [0.3, 0.4) is 0 Å². The van der Waals surface area contributed by atoms with E-state index in [0.717, 1.165) is 12.0 Å². The molecule has 0 amide bonds. The molecule has 0 fully saturated rings. The zero-order valence-corrected chi connectivity index (χ0v) is 14.2. The molecule has 0 aliphatic rings. The summed E-state index contributed by atoms with van der Waals surface area (Å²) in [7, 11) is -3.47. The molecular weight excluding hydrogens is 302 g/mol. The number of aryl methyl sites for hydroxylation is 1. The van der Waals surface area contributed by atoms with Gasteiger partial charge in [-0.1, -0.05) is 37.6 Å². The highest BCUT2D eigenvalue weighted by Crippen LogP contribution is 2.18. The molecular formula is C16H21NO2S2. The summed E-state index contributed by atoms with van der Waals surface area (Å²) in [6, 6.07) is 10.9. The van der Waals surface area contributed by atoms with Crippen LogP contribution < -0.4 is 4.72 Å². The standard InChI is InChI=1S/C16H21NO2S2/c1-12(2)16(11-14-5-4-10-20-14)17-21(18,19)15-8-6-13(3)7-9-15/h4-10,12,16-17H,11H2,1-3H3/t16-/m0/s1. The maximum atomic E-state index is 12.5. The topological polar surface area (TPSA) is 46.2 Å². The van der Waals surface area contributed by atoms with Crippen LogP contribution in [0.5, 0.6) is 0 Å². The lowest BCUT2D eigenvalue weighted by atomic mass is 10.0. The van der Waals surface area contributed by atoms with Gasteiger partial charge in [-0.15, -0.1) is 11.3 Å². The van der Waals surface area contributed by atoms with Crippen molar-refractivity contribution in [3.63, 3.8) is 0 Å². The predicted octanol–water partition coefficient (Wildman–Crippen LogP) is 3.60. The number of hydrogen-bond donors (Lipinski definition) is 1. The Kier molecular flexibility index (Phi) is 5.19. The Morgan fingerprint density at radius 3 is 2.33 bits per heavy atom. The van der Waals surface area contributed by atoms with Gasteiger partial charge in [0.15, 0.2) is 0 Å². The molecule has 21 heavy (non-hydrogen) atoms. The molecule has 0 saturated heterocycles. The van der Waals surface area contributed by atoms with Gasteiger partial charge in [0.25, 0.3) is 0 Å². The van der Waals surface area contributed by atoms with Crippen molar-refractivity contribution in [2.24, 2.45) is 5.92 Å². The highest BCUT2D eigenvalue weighted by atomic mass is 32.2. The van der Waals surface area contributed by atoms with Crippen LogP contribution in [0.1, 0.15) is 24.3 Å². The molecule has 0 unspecified atom stereocenters. The monoisotopic (exact) mass is 323 g/mol. The first-order valence-electron chi connectivity index (χ1n) is 7.00. The minimum absolute atomic E-state index is 0.102. The smallest absolute Gasteiger partial charge is 0.207 e. The molecule has 3 nitrogen and oxygen atoms in total. The molecule has 2 rings (SSSR count). The molecule has 1 atom stereocenters. The van der Waals surface area contributed by atoms with E-state index in [1.165, 1.54) is 4.88 Å². The lowest BCUT2D eigenvalue weighted by Gasteiger charge is -2.22. The van der Waals surface area contributed by atoms with E-state index >= 15 is 0 Å². The lowest BCUT2D eigenvalue weighted by Crippen LogP contribution is -2.39. The Hall–Kier alpha value is -1.17. The zero-order valence-electron chi connectivity index (χ0n) is 12.5. The second-order valence-electron chi connectivity index (χ2n) is 5.57. The van der Waals surface area contributed by atoms with Gasteiger partial charge in [-0.3, -0.25) is 0 Å². The summed E-state index contributed by atoms with van der Waals surface area (Å²) in [6.45, 7) is 6.02. The third-order valence-corrected chi connectivity index (χ3v) is 5.85. The van der Waals surface area contributed by atoms with Gasteiger partial charge < -0.3 is 0 Å². The van der Waals surface area contributed by atoms with Gasteiger partial charge in [-0.25, -0.2) is 13.1 Å². The van der Waals surface area contributed by atoms with E-state index in [1.54, 1.807) is 23.5 Å². The first kappa shape index (κ1) is 16.2. The first-order valence-corrected chi connectivity index (χ1v) is 9.36. The SMILES string of the molecule is Cc1ccc(S(=O)(=O)N[C@@H](Cc2cccs2)C(C)C)cc1. The van der Waals surface area contributed by atoms with Crippen LogP contribution in [0.15, 0.2) is 46.7 Å². The van der Waals surface area contributed by atoms with Gasteiger partial charge >= 0.3 is 0 Å². The van der Waals surface area contributed by atoms with Gasteiger partial charge in [-0.05, 0) is 42.8 Å². The van der Waals surface area contributed by atoms with E-state index in [9.17, 15) is 8.42 Å². The number of rotatable bonds is 6. The molecule has 114 valence electrons. The molecule has 1 aromatic heterocycles. The van der Waals surface area contributed by atoms with E-state index in [-0.39, 0.29) is 12.0 Å². The van der Waals surface area contributed by atoms with Crippen molar-refractivity contribution in [1.29, 1.82) is 0 Å². The Morgan fingerprint density at radius 1 is 1.14 bits per heavy atom. The molecule has 0 radical (unpaired) electrons. The van der Waals surface area contributed by atoms with Gasteiger partial charge in [0.1, 0.15) is 0 Å². The van der Waals surface area contributed by atoms with Crippen LogP contribution in [-0.4, -0.2) is 14.5 Å². The van der Waals surface area contributed by atoms with Gasteiger partial charge in [0.2, 0.25) is 10.0 Å². The van der Waals surface area contributed by atoms with E-state index in [0.29, 0.717) is 4.90 Å². The van der Waals surface area contributed by atoms with Crippen LogP contribution >= 0.6 is 11.3 Å². The molecule has 1 heterocycles. The second kappa shape index (κ2) is 6.73. The van der Waals surface area contributed by atoms with E-state index in [2.05, 4.69) is 4.72 Å². The van der Waals surface area contributed by atoms with Crippen LogP contribution in [0.25, 0.3) is 0 Å². The summed E-state index contributed by atoms with van der Waals surface area (Å²) < 4.78 is 27.8. The van der Waals surface area contributed by atoms with Crippen molar-refractivity contribution in [2.75, 3.05) is 0 Å². The normalized spacial score (nSPS) is 13.5. The van der Waals surface area contributed by atoms with Crippen molar-refractivity contribution < 1.29 is 8.42 Å². The summed E-state index contributed by atoms with van der Waals surface area (Å²) in [5, 5.41) is 2.02. The Labute approximate surface area is 131 Å². The molecule has 0 aliphatic carbocycles. The average molecular weight is 323 g/mol. The van der Waals surface area contributed by atoms with Crippen molar-refractivity contribution in [3.8, 4) is 0 Å². The highest BCUT2D eigenvalue weighted by molar-refractivity contribution is 7.89. The molecule has 0 saturated carbocycles. The fourth-order valence-electron chi connectivity index (χ4n) is 2.04. The number of sulfonamides is 1. The van der Waals surface area contributed by atoms with Crippen LogP contribution in [0.4, 0.5) is 0 Å². The van der Waals surface area contributed by atoms with Gasteiger partial charge in [-0.2, -0.15) is 0 Å². The van der Waals surface area contributed by atoms with E-state index in [1.807, 2.05) is 50.4 Å². The summed E-state index contributed by atoms with van der Waals surface area (Å²) >= 11 is 1.66. The fourth-order valence-corrected chi connectivity index (χ4v) is 4.19. The lowest BCUT2D eigenvalue weighted by molar-refractivity contribution is 0.447. The van der Waals surface area contributed by atoms with Crippen molar-refractivity contribution in [2.45, 2.75) is 38.1 Å². The Morgan fingerprint density at radius 2 is 1.81 bits per heavy atom. The van der Waals surface area contributed by atoms with Gasteiger partial charge in [0, 0.05) is 10.9 Å². The molecule has 0 aliphatic heterocycles. The van der Waals surface area contributed by atoms with Crippen LogP contribution in [-0.2, 0) is 16.4 Å². The van der Waals surface area contributed by atoms with E-state index in [4.69, 9.17) is 0 Å². The third-order valence-electron chi connectivity index (χ3n) is 3.44. The summed E-state index contributed by atoms with van der Waals surface area (Å²) in [5.41, 5.74) is 1.05. The summed E-state index contributed by atoms with van der Waals surface area (Å²) in [4.78, 5) is 1.52. The van der Waals surface area contributed by atoms with Crippen molar-refractivity contribution in [1.82, 2.24) is 4.72 Å². The van der Waals surface area contributed by atoms with Crippen molar-refractivity contribution in [3.05, 3.63) is 52.2 Å². The largest absolute Gasteiger partial charge is 0.240 e. The number of benzene rings is 1. The van der Waals surface area contributed by atoms with Crippen LogP contribution in [0, 0.1) is 12.8 Å². The minimum atomic E-state index is -3.47. The minimum Gasteiger partial charge on any atom is -0.207 e. The quantitative estimate of drug-likeness (QED) is 0.883. The Balaban J connectivity index is 2.17. The number of nitrogens with one attached hydrogen (secondary N) is 1. The first-order chi connectivity index (χ1) is 9.88. The second-order valence-corrected chi connectivity index (χ2v) is 8.31. The fraction of sp³-hybridized carbons (Fsp3) is 0.375. The van der Waals surface area contributed by atoms with Crippen molar-refractivity contribution >= 4 is 21.4 Å². The number of hydrogen-bond acceptors (Lipinski definition) is 3. The molecule has 1 N–H and O–H groups in total. The van der Waals surface area contributed by atoms with E-state index < -0.39 is 10.0 Å². The Bertz CT molecular complexity index is 659. The predicted molar refractivity (Wildman–Crippen MR) is 88.1 cm³/mol. The zero-order chi connectivity index (χ0) is 15.5.